The van der Waals surface area contributed by atoms with Crippen LogP contribution in [-0.4, -0.2) is 55.1 Å². The normalized spacial score (nSPS) is 26.6. The summed E-state index contributed by atoms with van der Waals surface area (Å²) in [5, 5.41) is 3.46. The molecule has 0 aromatic carbocycles. The van der Waals surface area contributed by atoms with Crippen molar-refractivity contribution in [3.8, 4) is 0 Å². The maximum Gasteiger partial charge on any atom is 0.0947 e. The molecule has 0 saturated carbocycles. The van der Waals surface area contributed by atoms with Gasteiger partial charge in [-0.25, -0.2) is 0 Å². The summed E-state index contributed by atoms with van der Waals surface area (Å²) in [7, 11) is 2.23. The van der Waals surface area contributed by atoms with Crippen LogP contribution in [0.4, 0.5) is 0 Å². The van der Waals surface area contributed by atoms with E-state index < -0.39 is 0 Å². The summed E-state index contributed by atoms with van der Waals surface area (Å²) in [6.45, 7) is 10.0. The molecule has 1 aromatic rings. The van der Waals surface area contributed by atoms with Gasteiger partial charge in [-0.2, -0.15) is 0 Å². The summed E-state index contributed by atoms with van der Waals surface area (Å²) in [6.07, 6.45) is 3.52. The molecule has 2 rings (SSSR count). The lowest BCUT2D eigenvalue weighted by Crippen LogP contribution is -2.55. The second-order valence-electron chi connectivity index (χ2n) is 5.43. The number of hydrogen-bond acceptors (Lipinski definition) is 4. The molecule has 1 aromatic heterocycles. The molecule has 1 aliphatic heterocycles. The van der Waals surface area contributed by atoms with E-state index in [1.807, 2.05) is 6.07 Å². The minimum atomic E-state index is 0.655. The van der Waals surface area contributed by atoms with Crippen LogP contribution >= 0.6 is 0 Å². The van der Waals surface area contributed by atoms with Crippen molar-refractivity contribution >= 4 is 0 Å². The van der Waals surface area contributed by atoms with Crippen molar-refractivity contribution < 1.29 is 4.42 Å². The maximum atomic E-state index is 5.05. The summed E-state index contributed by atoms with van der Waals surface area (Å²) < 4.78 is 5.05. The molecular formula is C14H25N3O. The van der Waals surface area contributed by atoms with Crippen LogP contribution in [0.5, 0.6) is 0 Å². The number of hydrogen-bond donors (Lipinski definition) is 1. The maximum absolute atomic E-state index is 5.05. The summed E-state index contributed by atoms with van der Waals surface area (Å²) in [5.41, 5.74) is 1.22. The van der Waals surface area contributed by atoms with Crippen molar-refractivity contribution in [3.05, 3.63) is 24.2 Å². The number of nitrogens with one attached hydrogen (secondary N) is 1. The van der Waals surface area contributed by atoms with Crippen LogP contribution in [0.15, 0.2) is 23.0 Å². The molecule has 2 atom stereocenters. The highest BCUT2D eigenvalue weighted by Crippen LogP contribution is 2.12. The van der Waals surface area contributed by atoms with Gasteiger partial charge in [0.25, 0.3) is 0 Å². The first-order valence-corrected chi connectivity index (χ1v) is 6.83. The highest BCUT2D eigenvalue weighted by Gasteiger charge is 2.25. The fourth-order valence-corrected chi connectivity index (χ4v) is 2.56. The van der Waals surface area contributed by atoms with E-state index in [1.54, 1.807) is 12.5 Å². The van der Waals surface area contributed by atoms with Gasteiger partial charge in [-0.05, 0) is 27.0 Å². The second-order valence-corrected chi connectivity index (χ2v) is 5.43. The van der Waals surface area contributed by atoms with Gasteiger partial charge in [-0.15, -0.1) is 0 Å². The molecule has 4 nitrogen and oxygen atoms in total. The molecule has 1 fully saturated rings. The monoisotopic (exact) mass is 251 g/mol. The number of rotatable bonds is 5. The Hall–Kier alpha value is -0.840. The van der Waals surface area contributed by atoms with Crippen molar-refractivity contribution in [3.63, 3.8) is 0 Å². The molecule has 102 valence electrons. The Kier molecular flexibility index (Phi) is 4.80. The molecule has 2 heterocycles. The Morgan fingerprint density at radius 2 is 2.06 bits per heavy atom. The summed E-state index contributed by atoms with van der Waals surface area (Å²) >= 11 is 0. The predicted molar refractivity (Wildman–Crippen MR) is 73.5 cm³/mol. The van der Waals surface area contributed by atoms with Gasteiger partial charge in [0.15, 0.2) is 0 Å². The van der Waals surface area contributed by atoms with E-state index in [0.29, 0.717) is 12.1 Å². The molecule has 2 unspecified atom stereocenters. The lowest BCUT2D eigenvalue weighted by atomic mass is 10.1. The second kappa shape index (κ2) is 6.36. The zero-order valence-electron chi connectivity index (χ0n) is 11.7. The Balaban J connectivity index is 1.65. The quantitative estimate of drug-likeness (QED) is 0.802. The van der Waals surface area contributed by atoms with Gasteiger partial charge in [-0.3, -0.25) is 9.80 Å². The van der Waals surface area contributed by atoms with Gasteiger partial charge in [-0.1, -0.05) is 0 Å². The number of piperazine rings is 1. The third-order valence-corrected chi connectivity index (χ3v) is 3.95. The number of nitrogens with zero attached hydrogens (tertiary/aromatic N) is 2. The largest absolute Gasteiger partial charge is 0.472 e. The average Bonchev–Trinajstić information content (AvgIpc) is 2.84. The molecule has 0 amide bonds. The van der Waals surface area contributed by atoms with Gasteiger partial charge in [0, 0.05) is 50.4 Å². The minimum Gasteiger partial charge on any atom is -0.472 e. The number of furan rings is 1. The van der Waals surface area contributed by atoms with Crippen LogP contribution in [0.1, 0.15) is 19.4 Å². The van der Waals surface area contributed by atoms with Crippen LogP contribution < -0.4 is 5.32 Å². The van der Waals surface area contributed by atoms with Crippen LogP contribution in [0.2, 0.25) is 0 Å². The van der Waals surface area contributed by atoms with E-state index in [1.165, 1.54) is 18.7 Å². The van der Waals surface area contributed by atoms with E-state index in [0.717, 1.165) is 19.6 Å². The van der Waals surface area contributed by atoms with E-state index in [9.17, 15) is 0 Å². The van der Waals surface area contributed by atoms with Crippen LogP contribution in [0, 0.1) is 0 Å². The predicted octanol–water partition coefficient (Wildman–Crippen LogP) is 1.39. The Morgan fingerprint density at radius 1 is 1.33 bits per heavy atom. The van der Waals surface area contributed by atoms with Crippen molar-refractivity contribution in [2.75, 3.05) is 33.2 Å². The highest BCUT2D eigenvalue weighted by molar-refractivity contribution is 5.04. The summed E-state index contributed by atoms with van der Waals surface area (Å²) in [5.74, 6) is 0. The van der Waals surface area contributed by atoms with Gasteiger partial charge in [0.1, 0.15) is 0 Å². The first-order valence-electron chi connectivity index (χ1n) is 6.83. The van der Waals surface area contributed by atoms with Crippen LogP contribution in [0.25, 0.3) is 0 Å². The smallest absolute Gasteiger partial charge is 0.0947 e. The van der Waals surface area contributed by atoms with E-state index in [2.05, 4.69) is 36.0 Å². The van der Waals surface area contributed by atoms with E-state index in [4.69, 9.17) is 4.42 Å². The molecule has 4 heteroatoms. The molecule has 18 heavy (non-hydrogen) atoms. The molecule has 0 aliphatic carbocycles. The minimum absolute atomic E-state index is 0.655. The van der Waals surface area contributed by atoms with Crippen LogP contribution in [-0.2, 0) is 6.54 Å². The zero-order valence-corrected chi connectivity index (χ0v) is 11.7. The van der Waals surface area contributed by atoms with Crippen molar-refractivity contribution in [2.45, 2.75) is 32.5 Å². The fourth-order valence-electron chi connectivity index (χ4n) is 2.56. The van der Waals surface area contributed by atoms with Gasteiger partial charge < -0.3 is 9.73 Å². The Morgan fingerprint density at radius 3 is 2.67 bits per heavy atom. The van der Waals surface area contributed by atoms with Gasteiger partial charge in [0.05, 0.1) is 12.5 Å². The lowest BCUT2D eigenvalue weighted by Gasteiger charge is -2.42. The third-order valence-electron chi connectivity index (χ3n) is 3.95. The SMILES string of the molecule is CC1CN(CCNCc2ccoc2)CC(C)N1C. The van der Waals surface area contributed by atoms with Crippen molar-refractivity contribution in [1.82, 2.24) is 15.1 Å². The summed E-state index contributed by atoms with van der Waals surface area (Å²) in [6, 6.07) is 3.32. The van der Waals surface area contributed by atoms with Crippen molar-refractivity contribution in [2.24, 2.45) is 0 Å². The van der Waals surface area contributed by atoms with Gasteiger partial charge in [0.2, 0.25) is 0 Å². The molecule has 1 aliphatic rings. The van der Waals surface area contributed by atoms with E-state index in [-0.39, 0.29) is 0 Å². The molecule has 1 N–H and O–H groups in total. The topological polar surface area (TPSA) is 31.6 Å². The Bertz CT molecular complexity index is 327. The van der Waals surface area contributed by atoms with Crippen molar-refractivity contribution in [1.29, 1.82) is 0 Å². The van der Waals surface area contributed by atoms with Crippen LogP contribution in [0.3, 0.4) is 0 Å². The summed E-state index contributed by atoms with van der Waals surface area (Å²) in [4.78, 5) is 5.02. The van der Waals surface area contributed by atoms with Gasteiger partial charge >= 0.3 is 0 Å². The highest BCUT2D eigenvalue weighted by atomic mass is 16.3. The number of likely N-dealkylation sites (N-methyl/N-ethyl adjacent to an activating group) is 1. The first-order chi connectivity index (χ1) is 8.66. The molecule has 1 saturated heterocycles. The molecule has 0 bridgehead atoms. The fraction of sp³-hybridized carbons (Fsp3) is 0.714. The standard InChI is InChI=1S/C14H25N3O/c1-12-9-17(10-13(2)16(12)3)6-5-15-8-14-4-7-18-11-14/h4,7,11-13,15H,5-6,8-10H2,1-3H3. The van der Waals surface area contributed by atoms with E-state index >= 15 is 0 Å². The average molecular weight is 251 g/mol. The third kappa shape index (κ3) is 3.57. The molecular weight excluding hydrogens is 226 g/mol. The lowest BCUT2D eigenvalue weighted by molar-refractivity contribution is 0.0607. The molecule has 0 spiro atoms. The first kappa shape index (κ1) is 13.6. The Labute approximate surface area is 110 Å². The zero-order chi connectivity index (χ0) is 13.0. The molecule has 0 radical (unpaired) electrons.